The third-order valence-corrected chi connectivity index (χ3v) is 3.90. The number of nitrogens with zero attached hydrogens (tertiary/aromatic N) is 2. The molecule has 0 radical (unpaired) electrons. The molecule has 6 nitrogen and oxygen atoms in total. The molecule has 1 aliphatic carbocycles. The fraction of sp³-hybridized carbons (Fsp3) is 0.647. The molecule has 0 aromatic carbocycles. The Kier molecular flexibility index (Phi) is 6.80. The lowest BCUT2D eigenvalue weighted by atomic mass is 9.93. The van der Waals surface area contributed by atoms with Crippen LogP contribution in [0, 0.1) is 6.92 Å². The van der Waals surface area contributed by atoms with Gasteiger partial charge >= 0.3 is 0 Å². The van der Waals surface area contributed by atoms with Gasteiger partial charge in [0, 0.05) is 24.7 Å². The molecule has 0 atom stereocenters. The van der Waals surface area contributed by atoms with E-state index in [1.165, 1.54) is 0 Å². The standard InChI is InChI=1S/C17H27N3O3/c1-13-11-16(23-19-13)12-22-15-8-6-14(7-9-15)18-17(21)5-4-10-20(2)3/h4-5,11,14-15H,6-10,12H2,1-3H3,(H,18,21)/b5-4+. The zero-order valence-electron chi connectivity index (χ0n) is 14.2. The van der Waals surface area contributed by atoms with E-state index in [0.717, 1.165) is 43.7 Å². The van der Waals surface area contributed by atoms with Crippen molar-refractivity contribution in [1.29, 1.82) is 0 Å². The normalized spacial score (nSPS) is 21.9. The van der Waals surface area contributed by atoms with Gasteiger partial charge in [0.2, 0.25) is 5.91 Å². The predicted octanol–water partition coefficient (Wildman–Crippen LogP) is 2.04. The maximum atomic E-state index is 11.8. The molecule has 0 bridgehead atoms. The summed E-state index contributed by atoms with van der Waals surface area (Å²) in [6.07, 6.45) is 7.55. The number of amides is 1. The molecule has 23 heavy (non-hydrogen) atoms. The van der Waals surface area contributed by atoms with Gasteiger partial charge in [-0.3, -0.25) is 4.79 Å². The van der Waals surface area contributed by atoms with Gasteiger partial charge in [-0.05, 0) is 46.7 Å². The number of hydrogen-bond acceptors (Lipinski definition) is 5. The summed E-state index contributed by atoms with van der Waals surface area (Å²) in [5, 5.41) is 6.91. The van der Waals surface area contributed by atoms with Crippen molar-refractivity contribution in [3.8, 4) is 0 Å². The Hall–Kier alpha value is -1.66. The van der Waals surface area contributed by atoms with Crippen LogP contribution in [0.25, 0.3) is 0 Å². The van der Waals surface area contributed by atoms with Crippen molar-refractivity contribution in [3.05, 3.63) is 29.7 Å². The number of aromatic nitrogens is 1. The summed E-state index contributed by atoms with van der Waals surface area (Å²) in [7, 11) is 3.95. The molecule has 0 aliphatic heterocycles. The highest BCUT2D eigenvalue weighted by molar-refractivity contribution is 5.87. The Balaban J connectivity index is 1.63. The molecular formula is C17H27N3O3. The van der Waals surface area contributed by atoms with E-state index in [2.05, 4.69) is 10.5 Å². The molecule has 1 aromatic rings. The van der Waals surface area contributed by atoms with Crippen molar-refractivity contribution in [2.45, 2.75) is 51.4 Å². The molecule has 6 heteroatoms. The van der Waals surface area contributed by atoms with Crippen LogP contribution in [0.3, 0.4) is 0 Å². The van der Waals surface area contributed by atoms with Gasteiger partial charge in [0.1, 0.15) is 6.61 Å². The van der Waals surface area contributed by atoms with E-state index < -0.39 is 0 Å². The Labute approximate surface area is 137 Å². The highest BCUT2D eigenvalue weighted by Crippen LogP contribution is 2.22. The van der Waals surface area contributed by atoms with E-state index in [-0.39, 0.29) is 18.1 Å². The van der Waals surface area contributed by atoms with Crippen LogP contribution in [0.5, 0.6) is 0 Å². The SMILES string of the molecule is Cc1cc(COC2CCC(NC(=O)/C=C/CN(C)C)CC2)on1. The van der Waals surface area contributed by atoms with Crippen molar-refractivity contribution in [1.82, 2.24) is 15.4 Å². The number of hydrogen-bond donors (Lipinski definition) is 1. The van der Waals surface area contributed by atoms with Crippen molar-refractivity contribution in [3.63, 3.8) is 0 Å². The monoisotopic (exact) mass is 321 g/mol. The number of nitrogens with one attached hydrogen (secondary N) is 1. The minimum absolute atomic E-state index is 0.00615. The maximum absolute atomic E-state index is 11.8. The number of likely N-dealkylation sites (N-methyl/N-ethyl adjacent to an activating group) is 1. The summed E-state index contributed by atoms with van der Waals surface area (Å²) >= 11 is 0. The van der Waals surface area contributed by atoms with E-state index in [1.54, 1.807) is 6.08 Å². The van der Waals surface area contributed by atoms with E-state index >= 15 is 0 Å². The zero-order valence-corrected chi connectivity index (χ0v) is 14.2. The zero-order chi connectivity index (χ0) is 16.7. The highest BCUT2D eigenvalue weighted by atomic mass is 16.5. The number of ether oxygens (including phenoxy) is 1. The van der Waals surface area contributed by atoms with Crippen LogP contribution in [-0.2, 0) is 16.1 Å². The van der Waals surface area contributed by atoms with Crippen LogP contribution in [0.15, 0.2) is 22.7 Å². The molecule has 1 aliphatic rings. The number of carbonyl (C=O) groups is 1. The smallest absolute Gasteiger partial charge is 0.243 e. The number of aryl methyl sites for hydroxylation is 1. The molecule has 1 fully saturated rings. The van der Waals surface area contributed by atoms with Gasteiger partial charge in [-0.25, -0.2) is 0 Å². The van der Waals surface area contributed by atoms with Crippen molar-refractivity contribution in [2.75, 3.05) is 20.6 Å². The summed E-state index contributed by atoms with van der Waals surface area (Å²) in [5.74, 6) is 0.761. The van der Waals surface area contributed by atoms with E-state index in [0.29, 0.717) is 6.61 Å². The minimum Gasteiger partial charge on any atom is -0.370 e. The van der Waals surface area contributed by atoms with Gasteiger partial charge in [0.15, 0.2) is 5.76 Å². The molecule has 128 valence electrons. The second-order valence-electron chi connectivity index (χ2n) is 6.39. The average Bonchev–Trinajstić information content (AvgIpc) is 2.92. The van der Waals surface area contributed by atoms with E-state index in [1.807, 2.05) is 38.1 Å². The molecule has 1 N–H and O–H groups in total. The Bertz CT molecular complexity index is 517. The minimum atomic E-state index is -0.00615. The number of rotatable bonds is 7. The fourth-order valence-corrected chi connectivity index (χ4v) is 2.68. The van der Waals surface area contributed by atoms with E-state index in [9.17, 15) is 4.79 Å². The molecule has 1 saturated carbocycles. The first-order chi connectivity index (χ1) is 11.0. The quantitative estimate of drug-likeness (QED) is 0.779. The summed E-state index contributed by atoms with van der Waals surface area (Å²) in [6.45, 7) is 3.14. The molecule has 1 heterocycles. The summed E-state index contributed by atoms with van der Waals surface area (Å²) in [5.41, 5.74) is 0.873. The average molecular weight is 321 g/mol. The van der Waals surface area contributed by atoms with Crippen LogP contribution >= 0.6 is 0 Å². The number of carbonyl (C=O) groups excluding carboxylic acids is 1. The van der Waals surface area contributed by atoms with Gasteiger partial charge in [0.25, 0.3) is 0 Å². The van der Waals surface area contributed by atoms with Crippen LogP contribution in [-0.4, -0.2) is 48.7 Å². The van der Waals surface area contributed by atoms with Crippen molar-refractivity contribution >= 4 is 5.91 Å². The lowest BCUT2D eigenvalue weighted by molar-refractivity contribution is -0.117. The van der Waals surface area contributed by atoms with Gasteiger partial charge in [-0.15, -0.1) is 0 Å². The second-order valence-corrected chi connectivity index (χ2v) is 6.39. The molecular weight excluding hydrogens is 294 g/mol. The van der Waals surface area contributed by atoms with Gasteiger partial charge in [-0.2, -0.15) is 0 Å². The van der Waals surface area contributed by atoms with Crippen LogP contribution in [0.4, 0.5) is 0 Å². The first-order valence-electron chi connectivity index (χ1n) is 8.18. The molecule has 1 amide bonds. The fourth-order valence-electron chi connectivity index (χ4n) is 2.68. The van der Waals surface area contributed by atoms with Crippen molar-refractivity contribution < 1.29 is 14.1 Å². The third-order valence-electron chi connectivity index (χ3n) is 3.90. The van der Waals surface area contributed by atoms with E-state index in [4.69, 9.17) is 9.26 Å². The topological polar surface area (TPSA) is 67.6 Å². The Morgan fingerprint density at radius 1 is 1.43 bits per heavy atom. The molecule has 0 spiro atoms. The van der Waals surface area contributed by atoms with Gasteiger partial charge < -0.3 is 19.5 Å². The van der Waals surface area contributed by atoms with Gasteiger partial charge in [0.05, 0.1) is 11.8 Å². The van der Waals surface area contributed by atoms with Crippen LogP contribution in [0.1, 0.15) is 37.1 Å². The Morgan fingerprint density at radius 2 is 2.17 bits per heavy atom. The predicted molar refractivity (Wildman–Crippen MR) is 87.9 cm³/mol. The lowest BCUT2D eigenvalue weighted by Crippen LogP contribution is -2.38. The lowest BCUT2D eigenvalue weighted by Gasteiger charge is -2.28. The molecule has 1 aromatic heterocycles. The largest absolute Gasteiger partial charge is 0.370 e. The molecule has 0 unspecified atom stereocenters. The van der Waals surface area contributed by atoms with Gasteiger partial charge in [-0.1, -0.05) is 11.2 Å². The maximum Gasteiger partial charge on any atom is 0.243 e. The summed E-state index contributed by atoms with van der Waals surface area (Å²) in [4.78, 5) is 13.8. The first-order valence-corrected chi connectivity index (χ1v) is 8.18. The van der Waals surface area contributed by atoms with Crippen LogP contribution in [0.2, 0.25) is 0 Å². The van der Waals surface area contributed by atoms with Crippen LogP contribution < -0.4 is 5.32 Å². The third kappa shape index (κ3) is 6.54. The summed E-state index contributed by atoms with van der Waals surface area (Å²) in [6, 6.07) is 2.14. The second kappa shape index (κ2) is 8.84. The first kappa shape index (κ1) is 17.7. The Morgan fingerprint density at radius 3 is 2.78 bits per heavy atom. The highest BCUT2D eigenvalue weighted by Gasteiger charge is 2.22. The summed E-state index contributed by atoms with van der Waals surface area (Å²) < 4.78 is 11.0. The molecule has 2 rings (SSSR count). The molecule has 0 saturated heterocycles. The van der Waals surface area contributed by atoms with Crippen molar-refractivity contribution in [2.24, 2.45) is 0 Å².